The highest BCUT2D eigenvalue weighted by Crippen LogP contribution is 2.35. The Morgan fingerprint density at radius 2 is 2.29 bits per heavy atom. The Labute approximate surface area is 88.8 Å². The second-order valence-electron chi connectivity index (χ2n) is 3.20. The van der Waals surface area contributed by atoms with Crippen LogP contribution in [-0.4, -0.2) is 17.8 Å². The van der Waals surface area contributed by atoms with E-state index in [1.165, 1.54) is 6.07 Å². The molecule has 1 aromatic rings. The Bertz CT molecular complexity index is 372. The molecule has 3 N–H and O–H groups in total. The topological polar surface area (TPSA) is 55.5 Å². The number of fused-ring (bicyclic) bond motifs is 1. The lowest BCUT2D eigenvalue weighted by molar-refractivity contribution is 0.0658. The highest BCUT2D eigenvalue weighted by molar-refractivity contribution is 9.10. The van der Waals surface area contributed by atoms with Gasteiger partial charge in [-0.15, -0.1) is 0 Å². The monoisotopic (exact) mass is 261 g/mol. The minimum Gasteiger partial charge on any atom is -0.490 e. The number of benzene rings is 1. The van der Waals surface area contributed by atoms with Crippen molar-refractivity contribution in [3.63, 3.8) is 0 Å². The van der Waals surface area contributed by atoms with Crippen LogP contribution in [0.1, 0.15) is 11.6 Å². The molecule has 3 nitrogen and oxygen atoms in total. The number of aliphatic hydroxyl groups is 1. The Balaban J connectivity index is 2.54. The van der Waals surface area contributed by atoms with Crippen LogP contribution < -0.4 is 10.5 Å². The number of ether oxygens (including phenoxy) is 1. The number of nitrogens with two attached hydrogens (primary N) is 1. The summed E-state index contributed by atoms with van der Waals surface area (Å²) in [6.07, 6.45) is -0.849. The first-order chi connectivity index (χ1) is 6.59. The van der Waals surface area contributed by atoms with Crippen LogP contribution in [0.15, 0.2) is 16.6 Å². The summed E-state index contributed by atoms with van der Waals surface area (Å²) >= 11 is 3.15. The largest absolute Gasteiger partial charge is 0.490 e. The molecule has 0 spiro atoms. The zero-order valence-corrected chi connectivity index (χ0v) is 8.79. The van der Waals surface area contributed by atoms with Crippen molar-refractivity contribution in [2.75, 3.05) is 6.61 Å². The first-order valence-corrected chi connectivity index (χ1v) is 4.94. The summed E-state index contributed by atoms with van der Waals surface area (Å²) < 4.78 is 19.2. The lowest BCUT2D eigenvalue weighted by atomic mass is 9.99. The number of hydrogen-bond donors (Lipinski definition) is 2. The molecular weight excluding hydrogens is 253 g/mol. The molecule has 14 heavy (non-hydrogen) atoms. The highest BCUT2D eigenvalue weighted by Gasteiger charge is 2.29. The lowest BCUT2D eigenvalue weighted by Gasteiger charge is -2.28. The first-order valence-electron chi connectivity index (χ1n) is 4.15. The van der Waals surface area contributed by atoms with Gasteiger partial charge in [-0.3, -0.25) is 0 Å². The summed E-state index contributed by atoms with van der Waals surface area (Å²) in [7, 11) is 0. The molecule has 2 unspecified atom stereocenters. The van der Waals surface area contributed by atoms with Crippen LogP contribution in [0.2, 0.25) is 0 Å². The Kier molecular flexibility index (Phi) is 2.47. The van der Waals surface area contributed by atoms with Crippen molar-refractivity contribution in [1.82, 2.24) is 0 Å². The summed E-state index contributed by atoms with van der Waals surface area (Å²) in [6, 6.07) is 2.23. The molecule has 5 heteroatoms. The average Bonchev–Trinajstić information content (AvgIpc) is 2.10. The minimum absolute atomic E-state index is 0.101. The molecule has 0 amide bonds. The first kappa shape index (κ1) is 9.89. The van der Waals surface area contributed by atoms with Gasteiger partial charge >= 0.3 is 0 Å². The van der Waals surface area contributed by atoms with E-state index in [0.717, 1.165) is 0 Å². The van der Waals surface area contributed by atoms with Gasteiger partial charge in [0.2, 0.25) is 0 Å². The molecule has 1 aromatic carbocycles. The Hall–Kier alpha value is -0.650. The quantitative estimate of drug-likeness (QED) is 0.741. The van der Waals surface area contributed by atoms with Crippen molar-refractivity contribution in [3.8, 4) is 5.75 Å². The lowest BCUT2D eigenvalue weighted by Crippen LogP contribution is -2.36. The van der Waals surface area contributed by atoms with Gasteiger partial charge in [-0.25, -0.2) is 4.39 Å². The molecular formula is C9H9BrFNO2. The van der Waals surface area contributed by atoms with Crippen LogP contribution >= 0.6 is 15.9 Å². The van der Waals surface area contributed by atoms with Gasteiger partial charge in [0.15, 0.2) is 0 Å². The van der Waals surface area contributed by atoms with E-state index in [1.54, 1.807) is 6.07 Å². The van der Waals surface area contributed by atoms with E-state index in [9.17, 15) is 9.50 Å². The molecule has 0 bridgehead atoms. The zero-order valence-electron chi connectivity index (χ0n) is 7.21. The normalized spacial score (nSPS) is 25.4. The molecule has 2 rings (SSSR count). The van der Waals surface area contributed by atoms with E-state index in [2.05, 4.69) is 15.9 Å². The summed E-state index contributed by atoms with van der Waals surface area (Å²) in [5.74, 6) is -0.0599. The molecule has 76 valence electrons. The fourth-order valence-electron chi connectivity index (χ4n) is 1.48. The number of hydrogen-bond acceptors (Lipinski definition) is 3. The van der Waals surface area contributed by atoms with Crippen molar-refractivity contribution in [2.24, 2.45) is 5.73 Å². The van der Waals surface area contributed by atoms with Crippen LogP contribution in [0, 0.1) is 5.82 Å². The molecule has 1 aliphatic rings. The highest BCUT2D eigenvalue weighted by atomic mass is 79.9. The van der Waals surface area contributed by atoms with Gasteiger partial charge < -0.3 is 15.6 Å². The fourth-order valence-corrected chi connectivity index (χ4v) is 1.88. The summed E-state index contributed by atoms with van der Waals surface area (Å²) in [6.45, 7) is 0.101. The third kappa shape index (κ3) is 1.51. The summed E-state index contributed by atoms with van der Waals surface area (Å²) in [5, 5.41) is 9.39. The van der Waals surface area contributed by atoms with E-state index < -0.39 is 18.0 Å². The molecule has 0 aliphatic carbocycles. The van der Waals surface area contributed by atoms with Gasteiger partial charge in [-0.1, -0.05) is 15.9 Å². The van der Waals surface area contributed by atoms with Crippen molar-refractivity contribution in [1.29, 1.82) is 0 Å². The molecule has 1 aliphatic heterocycles. The second kappa shape index (κ2) is 3.49. The molecule has 0 radical (unpaired) electrons. The van der Waals surface area contributed by atoms with Gasteiger partial charge in [-0.2, -0.15) is 0 Å². The molecule has 0 saturated heterocycles. The minimum atomic E-state index is -0.849. The maximum atomic E-state index is 13.5. The maximum absolute atomic E-state index is 13.5. The van der Waals surface area contributed by atoms with Gasteiger partial charge in [0.05, 0.1) is 6.04 Å². The molecule has 2 atom stereocenters. The van der Waals surface area contributed by atoms with Crippen molar-refractivity contribution < 1.29 is 14.2 Å². The third-order valence-corrected chi connectivity index (χ3v) is 2.67. The van der Waals surface area contributed by atoms with Crippen LogP contribution in [0.4, 0.5) is 4.39 Å². The Morgan fingerprint density at radius 1 is 1.57 bits per heavy atom. The van der Waals surface area contributed by atoms with Gasteiger partial charge in [-0.05, 0) is 12.1 Å². The fraction of sp³-hybridized carbons (Fsp3) is 0.333. The standard InChI is InChI=1S/C9H9BrFNO2/c10-4-1-5(11)8-7(2-4)14-3-6(13)9(8)12/h1-2,6,9,13H,3,12H2. The average molecular weight is 262 g/mol. The smallest absolute Gasteiger partial charge is 0.132 e. The van der Waals surface area contributed by atoms with E-state index >= 15 is 0 Å². The van der Waals surface area contributed by atoms with Crippen molar-refractivity contribution in [2.45, 2.75) is 12.1 Å². The predicted octanol–water partition coefficient (Wildman–Crippen LogP) is 1.34. The SMILES string of the molecule is NC1c2c(F)cc(Br)cc2OCC1O. The number of rotatable bonds is 0. The number of halogens is 2. The Morgan fingerprint density at radius 3 is 3.00 bits per heavy atom. The van der Waals surface area contributed by atoms with Crippen molar-refractivity contribution >= 4 is 15.9 Å². The van der Waals surface area contributed by atoms with E-state index in [4.69, 9.17) is 10.5 Å². The van der Waals surface area contributed by atoms with Crippen molar-refractivity contribution in [3.05, 3.63) is 28.0 Å². The van der Waals surface area contributed by atoms with E-state index in [1.807, 2.05) is 0 Å². The molecule has 0 saturated carbocycles. The van der Waals surface area contributed by atoms with E-state index in [0.29, 0.717) is 10.2 Å². The van der Waals surface area contributed by atoms with Gasteiger partial charge in [0, 0.05) is 10.0 Å². The molecule has 1 heterocycles. The summed E-state index contributed by atoms with van der Waals surface area (Å²) in [5.41, 5.74) is 5.90. The van der Waals surface area contributed by atoms with Crippen LogP contribution in [0.5, 0.6) is 5.75 Å². The van der Waals surface area contributed by atoms with Crippen LogP contribution in [-0.2, 0) is 0 Å². The van der Waals surface area contributed by atoms with Gasteiger partial charge in [0.1, 0.15) is 24.3 Å². The zero-order chi connectivity index (χ0) is 10.3. The van der Waals surface area contributed by atoms with Crippen LogP contribution in [0.3, 0.4) is 0 Å². The predicted molar refractivity (Wildman–Crippen MR) is 52.5 cm³/mol. The third-order valence-electron chi connectivity index (χ3n) is 2.21. The van der Waals surface area contributed by atoms with E-state index in [-0.39, 0.29) is 12.2 Å². The van der Waals surface area contributed by atoms with Gasteiger partial charge in [0.25, 0.3) is 0 Å². The maximum Gasteiger partial charge on any atom is 0.132 e. The second-order valence-corrected chi connectivity index (χ2v) is 4.12. The number of aliphatic hydroxyl groups excluding tert-OH is 1. The summed E-state index contributed by atoms with van der Waals surface area (Å²) in [4.78, 5) is 0. The molecule has 0 fully saturated rings. The molecule has 0 aromatic heterocycles. The van der Waals surface area contributed by atoms with Crippen LogP contribution in [0.25, 0.3) is 0 Å².